The van der Waals surface area contributed by atoms with Gasteiger partial charge in [0.15, 0.2) is 0 Å². The highest BCUT2D eigenvalue weighted by Gasteiger charge is 2.52. The van der Waals surface area contributed by atoms with Gasteiger partial charge in [0.25, 0.3) is 5.91 Å². The number of anilines is 1. The molecule has 1 saturated heterocycles. The van der Waals surface area contributed by atoms with Crippen LogP contribution in [-0.4, -0.2) is 44.6 Å². The molecule has 2 fully saturated rings. The Morgan fingerprint density at radius 1 is 1.06 bits per heavy atom. The molecule has 0 atom stereocenters. The first-order chi connectivity index (χ1) is 15.6. The van der Waals surface area contributed by atoms with Gasteiger partial charge in [-0.3, -0.25) is 14.5 Å². The van der Waals surface area contributed by atoms with E-state index in [0.717, 1.165) is 29.2 Å². The summed E-state index contributed by atoms with van der Waals surface area (Å²) in [6.07, 6.45) is 4.89. The number of nitrogens with zero attached hydrogens (tertiary/aromatic N) is 3. The van der Waals surface area contributed by atoms with Crippen molar-refractivity contribution in [3.63, 3.8) is 0 Å². The summed E-state index contributed by atoms with van der Waals surface area (Å²) in [5.41, 5.74) is 0.355. The zero-order valence-electron chi connectivity index (χ0n) is 17.7. The van der Waals surface area contributed by atoms with E-state index in [9.17, 15) is 14.4 Å². The number of nitrogens with one attached hydrogen (secondary N) is 2. The highest BCUT2D eigenvalue weighted by atomic mass is 16.2. The average Bonchev–Trinajstić information content (AvgIpc) is 3.49. The smallest absolute Gasteiger partial charge is 0.323 e. The number of hydrogen-bond donors (Lipinski definition) is 2. The molecule has 0 radical (unpaired) electrons. The molecule has 1 saturated carbocycles. The normalized spacial score (nSPS) is 17.3. The van der Waals surface area contributed by atoms with Crippen LogP contribution in [0, 0.1) is 0 Å². The first kappa shape index (κ1) is 20.2. The van der Waals surface area contributed by atoms with Crippen molar-refractivity contribution in [2.75, 3.05) is 11.9 Å². The lowest BCUT2D eigenvalue weighted by molar-refractivity contribution is -0.131. The number of rotatable bonds is 6. The topological polar surface area (TPSA) is 96.3 Å². The minimum atomic E-state index is -0.745. The largest absolute Gasteiger partial charge is 0.325 e. The molecule has 1 aliphatic heterocycles. The molecule has 32 heavy (non-hydrogen) atoms. The quantitative estimate of drug-likeness (QED) is 0.586. The van der Waals surface area contributed by atoms with Crippen molar-refractivity contribution in [1.29, 1.82) is 0 Å². The molecule has 3 aromatic rings. The van der Waals surface area contributed by atoms with Crippen molar-refractivity contribution >= 4 is 34.4 Å². The van der Waals surface area contributed by atoms with Gasteiger partial charge in [-0.05, 0) is 29.2 Å². The monoisotopic (exact) mass is 431 g/mol. The third kappa shape index (κ3) is 3.62. The molecule has 2 aromatic carbocycles. The van der Waals surface area contributed by atoms with Gasteiger partial charge in [0.2, 0.25) is 5.91 Å². The van der Waals surface area contributed by atoms with Crippen LogP contribution in [0.1, 0.15) is 37.7 Å². The summed E-state index contributed by atoms with van der Waals surface area (Å²) < 4.78 is 1.74. The van der Waals surface area contributed by atoms with E-state index < -0.39 is 11.6 Å². The lowest BCUT2D eigenvalue weighted by atomic mass is 9.98. The second-order valence-electron chi connectivity index (χ2n) is 8.49. The minimum absolute atomic E-state index is 0.0364. The summed E-state index contributed by atoms with van der Waals surface area (Å²) in [6, 6.07) is 15.6. The summed E-state index contributed by atoms with van der Waals surface area (Å²) in [4.78, 5) is 38.8. The molecule has 1 aliphatic carbocycles. The van der Waals surface area contributed by atoms with Gasteiger partial charge >= 0.3 is 6.03 Å². The Kier molecular flexibility index (Phi) is 5.13. The summed E-state index contributed by atoms with van der Waals surface area (Å²) in [5, 5.41) is 12.4. The highest BCUT2D eigenvalue weighted by Crippen LogP contribution is 2.35. The van der Waals surface area contributed by atoms with Gasteiger partial charge in [-0.1, -0.05) is 55.3 Å². The second kappa shape index (κ2) is 8.11. The molecule has 0 unspecified atom stereocenters. The van der Waals surface area contributed by atoms with E-state index >= 15 is 0 Å². The van der Waals surface area contributed by atoms with Crippen LogP contribution in [0.5, 0.6) is 0 Å². The highest BCUT2D eigenvalue weighted by molar-refractivity contribution is 6.07. The Hall–Kier alpha value is -3.68. The Morgan fingerprint density at radius 3 is 2.69 bits per heavy atom. The zero-order chi connectivity index (χ0) is 22.1. The van der Waals surface area contributed by atoms with Crippen LogP contribution in [-0.2, 0) is 16.1 Å². The van der Waals surface area contributed by atoms with Gasteiger partial charge in [-0.15, -0.1) is 0 Å². The van der Waals surface area contributed by atoms with Crippen LogP contribution in [0.15, 0.2) is 54.7 Å². The lowest BCUT2D eigenvalue weighted by Gasteiger charge is -2.19. The van der Waals surface area contributed by atoms with Gasteiger partial charge < -0.3 is 10.6 Å². The number of carbonyl (C=O) groups excluding carboxylic acids is 3. The molecule has 1 aromatic heterocycles. The van der Waals surface area contributed by atoms with Crippen molar-refractivity contribution in [3.05, 3.63) is 60.3 Å². The standard InChI is InChI=1S/C24H25N5O3/c30-21(11-15-28-22(31)24(27-23(28)32)12-3-4-13-24)26-20-10-14-25-29(20)16-18-8-5-7-17-6-1-2-9-19(17)18/h1-2,5-10,14H,3-4,11-13,15-16H2,(H,26,30)(H,27,32). The molecular formula is C24H25N5O3. The molecule has 8 heteroatoms. The number of fused-ring (bicyclic) bond motifs is 1. The van der Waals surface area contributed by atoms with E-state index in [1.807, 2.05) is 24.3 Å². The molecule has 2 N–H and O–H groups in total. The fourth-order valence-electron chi connectivity index (χ4n) is 4.77. The fraction of sp³-hybridized carbons (Fsp3) is 0.333. The van der Waals surface area contributed by atoms with Crippen LogP contribution in [0.2, 0.25) is 0 Å². The maximum absolute atomic E-state index is 12.7. The number of carbonyl (C=O) groups is 3. The van der Waals surface area contributed by atoms with Gasteiger partial charge in [0.05, 0.1) is 12.7 Å². The number of amides is 4. The van der Waals surface area contributed by atoms with Gasteiger partial charge in [0, 0.05) is 19.0 Å². The third-order valence-electron chi connectivity index (χ3n) is 6.45. The van der Waals surface area contributed by atoms with Gasteiger partial charge in [0.1, 0.15) is 11.4 Å². The van der Waals surface area contributed by atoms with E-state index in [-0.39, 0.29) is 24.8 Å². The number of hydrogen-bond acceptors (Lipinski definition) is 4. The van der Waals surface area contributed by atoms with E-state index in [1.54, 1.807) is 16.9 Å². The predicted octanol–water partition coefficient (Wildman–Crippen LogP) is 3.28. The molecular weight excluding hydrogens is 406 g/mol. The van der Waals surface area contributed by atoms with Crippen molar-refractivity contribution < 1.29 is 14.4 Å². The van der Waals surface area contributed by atoms with Gasteiger partial charge in [-0.25, -0.2) is 9.48 Å². The summed E-state index contributed by atoms with van der Waals surface area (Å²) in [7, 11) is 0. The Bertz CT molecular complexity index is 1190. The molecule has 164 valence electrons. The summed E-state index contributed by atoms with van der Waals surface area (Å²) >= 11 is 0. The zero-order valence-corrected chi connectivity index (χ0v) is 17.7. The van der Waals surface area contributed by atoms with Crippen LogP contribution in [0.25, 0.3) is 10.8 Å². The SMILES string of the molecule is O=C(CCN1C(=O)NC2(CCCC2)C1=O)Nc1ccnn1Cc1cccc2ccccc12. The molecule has 8 nitrogen and oxygen atoms in total. The Balaban J connectivity index is 1.23. The molecule has 0 bridgehead atoms. The predicted molar refractivity (Wildman–Crippen MR) is 120 cm³/mol. The maximum atomic E-state index is 12.7. The van der Waals surface area contributed by atoms with Crippen LogP contribution in [0.3, 0.4) is 0 Å². The molecule has 1 spiro atoms. The maximum Gasteiger partial charge on any atom is 0.325 e. The van der Waals surface area contributed by atoms with Crippen molar-refractivity contribution in [2.45, 2.75) is 44.2 Å². The fourth-order valence-corrected chi connectivity index (χ4v) is 4.77. The van der Waals surface area contributed by atoms with Crippen LogP contribution in [0.4, 0.5) is 10.6 Å². The first-order valence-electron chi connectivity index (χ1n) is 11.0. The average molecular weight is 431 g/mol. The van der Waals surface area contributed by atoms with E-state index in [1.165, 1.54) is 4.90 Å². The molecule has 5 rings (SSSR count). The van der Waals surface area contributed by atoms with Crippen molar-refractivity contribution in [2.24, 2.45) is 0 Å². The summed E-state index contributed by atoms with van der Waals surface area (Å²) in [6.45, 7) is 0.579. The third-order valence-corrected chi connectivity index (χ3v) is 6.45. The Morgan fingerprint density at radius 2 is 1.84 bits per heavy atom. The van der Waals surface area contributed by atoms with Crippen LogP contribution >= 0.6 is 0 Å². The number of imide groups is 1. The minimum Gasteiger partial charge on any atom is -0.323 e. The number of benzene rings is 2. The summed E-state index contributed by atoms with van der Waals surface area (Å²) in [5.74, 6) is 0.110. The second-order valence-corrected chi connectivity index (χ2v) is 8.49. The first-order valence-corrected chi connectivity index (χ1v) is 11.0. The van der Waals surface area contributed by atoms with Crippen molar-refractivity contribution in [3.8, 4) is 0 Å². The van der Waals surface area contributed by atoms with Crippen LogP contribution < -0.4 is 10.6 Å². The number of urea groups is 1. The molecule has 4 amide bonds. The molecule has 2 aliphatic rings. The number of aromatic nitrogens is 2. The van der Waals surface area contributed by atoms with E-state index in [4.69, 9.17) is 0 Å². The van der Waals surface area contributed by atoms with E-state index in [0.29, 0.717) is 25.2 Å². The Labute approximate surface area is 185 Å². The van der Waals surface area contributed by atoms with E-state index in [2.05, 4.69) is 33.9 Å². The molecule has 2 heterocycles. The van der Waals surface area contributed by atoms with Crippen molar-refractivity contribution in [1.82, 2.24) is 20.0 Å². The van der Waals surface area contributed by atoms with Gasteiger partial charge in [-0.2, -0.15) is 5.10 Å². The lowest BCUT2D eigenvalue weighted by Crippen LogP contribution is -2.44.